The van der Waals surface area contributed by atoms with E-state index in [2.05, 4.69) is 15.5 Å². The summed E-state index contributed by atoms with van der Waals surface area (Å²) in [6.45, 7) is 3.27. The smallest absolute Gasteiger partial charge is 0.251 e. The first-order valence-corrected chi connectivity index (χ1v) is 11.5. The number of amides is 2. The van der Waals surface area contributed by atoms with Crippen molar-refractivity contribution in [3.05, 3.63) is 29.8 Å². The van der Waals surface area contributed by atoms with Crippen LogP contribution < -0.4 is 15.5 Å². The van der Waals surface area contributed by atoms with E-state index < -0.39 is 5.60 Å². The van der Waals surface area contributed by atoms with Gasteiger partial charge in [0.1, 0.15) is 0 Å². The van der Waals surface area contributed by atoms with Crippen molar-refractivity contribution in [1.82, 2.24) is 10.6 Å². The van der Waals surface area contributed by atoms with Crippen LogP contribution in [-0.2, 0) is 4.79 Å². The molecule has 1 aliphatic heterocycles. The van der Waals surface area contributed by atoms with Crippen LogP contribution in [0.2, 0.25) is 0 Å². The molecule has 0 spiro atoms. The molecule has 2 amide bonds. The van der Waals surface area contributed by atoms with Crippen LogP contribution in [0, 0.1) is 17.8 Å². The van der Waals surface area contributed by atoms with E-state index in [9.17, 15) is 14.7 Å². The summed E-state index contributed by atoms with van der Waals surface area (Å²) in [6.07, 6.45) is 7.05. The van der Waals surface area contributed by atoms with Gasteiger partial charge in [-0.1, -0.05) is 0 Å². The lowest BCUT2D eigenvalue weighted by Crippen LogP contribution is -2.42. The van der Waals surface area contributed by atoms with E-state index in [1.54, 1.807) is 6.92 Å². The Morgan fingerprint density at radius 3 is 2.63 bits per heavy atom. The number of hydrogen-bond donors (Lipinski definition) is 3. The lowest BCUT2D eigenvalue weighted by molar-refractivity contribution is -0.119. The van der Waals surface area contributed by atoms with E-state index in [0.717, 1.165) is 57.3 Å². The highest BCUT2D eigenvalue weighted by Crippen LogP contribution is 2.55. The predicted molar refractivity (Wildman–Crippen MR) is 115 cm³/mol. The highest BCUT2D eigenvalue weighted by Gasteiger charge is 2.53. The number of carbonyl (C=O) groups excluding carboxylic acids is 2. The van der Waals surface area contributed by atoms with Gasteiger partial charge >= 0.3 is 0 Å². The fourth-order valence-electron chi connectivity index (χ4n) is 6.78. The molecule has 6 atom stereocenters. The van der Waals surface area contributed by atoms with Gasteiger partial charge in [-0.25, -0.2) is 0 Å². The number of aliphatic hydroxyl groups is 1. The molecule has 3 bridgehead atoms. The Bertz CT molecular complexity index is 825. The topological polar surface area (TPSA) is 81.7 Å². The molecule has 4 aliphatic rings. The van der Waals surface area contributed by atoms with Crippen LogP contribution in [0.3, 0.4) is 0 Å². The monoisotopic (exact) mass is 411 g/mol. The molecule has 1 aromatic carbocycles. The van der Waals surface area contributed by atoms with Crippen LogP contribution in [0.15, 0.2) is 24.3 Å². The highest BCUT2D eigenvalue weighted by molar-refractivity contribution is 5.94. The standard InChI is InChI=1S/C24H33N3O3/c1-15(28)25-19-8-9-27(14-19)20-5-3-17(4-6-20)23(29)26-22-7-2-16-10-18-12-24(30,11-16)13-21(18)22/h3-6,16,18-19,21-22,30H,2,7-14H2,1H3,(H,25,28)(H,26,29). The van der Waals surface area contributed by atoms with Crippen molar-refractivity contribution in [1.29, 1.82) is 0 Å². The number of rotatable bonds is 4. The molecule has 5 rings (SSSR count). The Morgan fingerprint density at radius 1 is 1.07 bits per heavy atom. The first-order valence-electron chi connectivity index (χ1n) is 11.5. The fraction of sp³-hybridized carbons (Fsp3) is 0.667. The first-order chi connectivity index (χ1) is 14.4. The molecule has 1 heterocycles. The normalized spacial score (nSPS) is 37.1. The minimum Gasteiger partial charge on any atom is -0.390 e. The molecule has 4 fully saturated rings. The number of benzene rings is 1. The van der Waals surface area contributed by atoms with Crippen LogP contribution in [-0.4, -0.2) is 47.7 Å². The summed E-state index contributed by atoms with van der Waals surface area (Å²) < 4.78 is 0. The Hall–Kier alpha value is -2.08. The molecular formula is C24H33N3O3. The van der Waals surface area contributed by atoms with Gasteiger partial charge in [0, 0.05) is 43.3 Å². The first kappa shape index (κ1) is 19.9. The van der Waals surface area contributed by atoms with Crippen LogP contribution in [0.4, 0.5) is 5.69 Å². The van der Waals surface area contributed by atoms with Gasteiger partial charge in [0.15, 0.2) is 0 Å². The fourth-order valence-corrected chi connectivity index (χ4v) is 6.78. The summed E-state index contributed by atoms with van der Waals surface area (Å²) in [4.78, 5) is 26.5. The minimum atomic E-state index is -0.478. The summed E-state index contributed by atoms with van der Waals surface area (Å²) in [5.74, 6) is 1.62. The summed E-state index contributed by atoms with van der Waals surface area (Å²) in [6, 6.07) is 8.21. The third kappa shape index (κ3) is 3.82. The van der Waals surface area contributed by atoms with Gasteiger partial charge < -0.3 is 20.6 Å². The molecule has 6 unspecified atom stereocenters. The molecule has 6 nitrogen and oxygen atoms in total. The van der Waals surface area contributed by atoms with Crippen LogP contribution in [0.1, 0.15) is 62.2 Å². The maximum Gasteiger partial charge on any atom is 0.251 e. The van der Waals surface area contributed by atoms with Gasteiger partial charge in [-0.3, -0.25) is 9.59 Å². The number of hydrogen-bond acceptors (Lipinski definition) is 4. The quantitative estimate of drug-likeness (QED) is 0.711. The van der Waals surface area contributed by atoms with E-state index in [1.165, 1.54) is 6.42 Å². The largest absolute Gasteiger partial charge is 0.390 e. The molecule has 3 saturated carbocycles. The van der Waals surface area contributed by atoms with Crippen molar-refractivity contribution < 1.29 is 14.7 Å². The van der Waals surface area contributed by atoms with Crippen molar-refractivity contribution in [3.63, 3.8) is 0 Å². The molecular weight excluding hydrogens is 378 g/mol. The summed E-state index contributed by atoms with van der Waals surface area (Å²) in [5, 5.41) is 17.2. The Balaban J connectivity index is 1.21. The Kier molecular flexibility index (Phi) is 5.00. The van der Waals surface area contributed by atoms with Crippen LogP contribution >= 0.6 is 0 Å². The predicted octanol–water partition coefficient (Wildman–Crippen LogP) is 2.46. The SMILES string of the molecule is CC(=O)NC1CCN(c2ccc(C(=O)NC3CCC4CC5CC(O)(C4)CC53)cc2)C1. The second kappa shape index (κ2) is 7.56. The molecule has 3 aliphatic carbocycles. The second-order valence-corrected chi connectivity index (χ2v) is 10.2. The lowest BCUT2D eigenvalue weighted by Gasteiger charge is -2.33. The highest BCUT2D eigenvalue weighted by atomic mass is 16.3. The van der Waals surface area contributed by atoms with E-state index in [-0.39, 0.29) is 23.9 Å². The van der Waals surface area contributed by atoms with Gasteiger partial charge in [-0.05, 0) is 87.0 Å². The second-order valence-electron chi connectivity index (χ2n) is 10.2. The number of carbonyl (C=O) groups is 2. The molecule has 3 N–H and O–H groups in total. The molecule has 30 heavy (non-hydrogen) atoms. The van der Waals surface area contributed by atoms with Gasteiger partial charge in [-0.15, -0.1) is 0 Å². The van der Waals surface area contributed by atoms with Gasteiger partial charge in [0.25, 0.3) is 5.91 Å². The average Bonchev–Trinajstić information content (AvgIpc) is 3.22. The lowest BCUT2D eigenvalue weighted by atomic mass is 9.77. The van der Waals surface area contributed by atoms with E-state index >= 15 is 0 Å². The van der Waals surface area contributed by atoms with Gasteiger partial charge in [0.2, 0.25) is 5.91 Å². The van der Waals surface area contributed by atoms with Crippen molar-refractivity contribution in [2.24, 2.45) is 17.8 Å². The van der Waals surface area contributed by atoms with Crippen molar-refractivity contribution in [2.75, 3.05) is 18.0 Å². The zero-order valence-electron chi connectivity index (χ0n) is 17.8. The number of nitrogens with zero attached hydrogens (tertiary/aromatic N) is 1. The molecule has 6 heteroatoms. The van der Waals surface area contributed by atoms with E-state index in [1.807, 2.05) is 24.3 Å². The zero-order valence-corrected chi connectivity index (χ0v) is 17.8. The van der Waals surface area contributed by atoms with Crippen molar-refractivity contribution in [3.8, 4) is 0 Å². The number of fused-ring (bicyclic) bond motifs is 2. The summed E-state index contributed by atoms with van der Waals surface area (Å²) >= 11 is 0. The molecule has 0 radical (unpaired) electrons. The Labute approximate surface area is 178 Å². The van der Waals surface area contributed by atoms with Gasteiger partial charge in [-0.2, -0.15) is 0 Å². The third-order valence-electron chi connectivity index (χ3n) is 7.98. The summed E-state index contributed by atoms with van der Waals surface area (Å²) in [5.41, 5.74) is 1.31. The summed E-state index contributed by atoms with van der Waals surface area (Å²) in [7, 11) is 0. The zero-order chi connectivity index (χ0) is 20.9. The third-order valence-corrected chi connectivity index (χ3v) is 7.98. The van der Waals surface area contributed by atoms with E-state index in [0.29, 0.717) is 23.3 Å². The Morgan fingerprint density at radius 2 is 1.87 bits per heavy atom. The van der Waals surface area contributed by atoms with E-state index in [4.69, 9.17) is 0 Å². The van der Waals surface area contributed by atoms with Gasteiger partial charge in [0.05, 0.1) is 5.60 Å². The molecule has 0 aromatic heterocycles. The molecule has 1 aromatic rings. The number of nitrogens with one attached hydrogen (secondary N) is 2. The van der Waals surface area contributed by atoms with Crippen molar-refractivity contribution in [2.45, 2.75) is 69.6 Å². The number of anilines is 1. The van der Waals surface area contributed by atoms with Crippen LogP contribution in [0.5, 0.6) is 0 Å². The van der Waals surface area contributed by atoms with Crippen LogP contribution in [0.25, 0.3) is 0 Å². The maximum atomic E-state index is 13.0. The molecule has 162 valence electrons. The maximum absolute atomic E-state index is 13.0. The van der Waals surface area contributed by atoms with Crippen molar-refractivity contribution >= 4 is 17.5 Å². The minimum absolute atomic E-state index is 0.00249. The average molecular weight is 412 g/mol. The molecule has 1 saturated heterocycles.